The van der Waals surface area contributed by atoms with Gasteiger partial charge >= 0.3 is 5.97 Å². The van der Waals surface area contributed by atoms with Crippen molar-refractivity contribution in [3.63, 3.8) is 0 Å². The van der Waals surface area contributed by atoms with Crippen LogP contribution in [0.25, 0.3) is 0 Å². The number of hydrogen-bond donors (Lipinski definition) is 0. The van der Waals surface area contributed by atoms with E-state index in [0.717, 1.165) is 6.42 Å². The minimum atomic E-state index is -0.434. The van der Waals surface area contributed by atoms with Crippen LogP contribution < -0.4 is 0 Å². The molecule has 3 nitrogen and oxygen atoms in total. The van der Waals surface area contributed by atoms with Gasteiger partial charge in [0.1, 0.15) is 11.7 Å². The van der Waals surface area contributed by atoms with Gasteiger partial charge in [0.2, 0.25) is 0 Å². The SMILES string of the molecule is CC12CCOC(=O)C1C(=O)C2. The van der Waals surface area contributed by atoms with E-state index in [1.54, 1.807) is 0 Å². The Kier molecular flexibility index (Phi) is 1.14. The number of ether oxygens (including phenoxy) is 1. The van der Waals surface area contributed by atoms with Gasteiger partial charge in [0.05, 0.1) is 6.61 Å². The van der Waals surface area contributed by atoms with E-state index in [0.29, 0.717) is 13.0 Å². The Bertz CT molecular complexity index is 233. The van der Waals surface area contributed by atoms with Crippen molar-refractivity contribution in [2.75, 3.05) is 6.61 Å². The highest BCUT2D eigenvalue weighted by Crippen LogP contribution is 2.48. The Morgan fingerprint density at radius 2 is 2.27 bits per heavy atom. The number of esters is 1. The lowest BCUT2D eigenvalue weighted by Gasteiger charge is -2.46. The van der Waals surface area contributed by atoms with Crippen LogP contribution >= 0.6 is 0 Å². The molecule has 3 heteroatoms. The van der Waals surface area contributed by atoms with E-state index in [1.165, 1.54) is 0 Å². The van der Waals surface area contributed by atoms with Gasteiger partial charge in [0, 0.05) is 6.42 Å². The fourth-order valence-corrected chi connectivity index (χ4v) is 1.98. The first kappa shape index (κ1) is 6.83. The van der Waals surface area contributed by atoms with E-state index < -0.39 is 5.92 Å². The van der Waals surface area contributed by atoms with Crippen molar-refractivity contribution in [1.82, 2.24) is 0 Å². The fraction of sp³-hybridized carbons (Fsp3) is 0.750. The monoisotopic (exact) mass is 154 g/mol. The maximum atomic E-state index is 11.0. The number of rotatable bonds is 0. The summed E-state index contributed by atoms with van der Waals surface area (Å²) < 4.78 is 4.79. The zero-order chi connectivity index (χ0) is 8.06. The first-order valence-corrected chi connectivity index (χ1v) is 3.83. The minimum absolute atomic E-state index is 0.0530. The van der Waals surface area contributed by atoms with Crippen LogP contribution in [0, 0.1) is 11.3 Å². The number of ketones is 1. The molecule has 1 heterocycles. The van der Waals surface area contributed by atoms with Crippen LogP contribution in [0.1, 0.15) is 19.8 Å². The van der Waals surface area contributed by atoms with Crippen LogP contribution in [0.4, 0.5) is 0 Å². The van der Waals surface area contributed by atoms with Gasteiger partial charge in [-0.15, -0.1) is 0 Å². The number of carbonyl (C=O) groups is 2. The fourth-order valence-electron chi connectivity index (χ4n) is 1.98. The molecule has 0 aromatic heterocycles. The molecule has 2 fully saturated rings. The van der Waals surface area contributed by atoms with E-state index in [4.69, 9.17) is 4.74 Å². The Balaban J connectivity index is 2.25. The van der Waals surface area contributed by atoms with Crippen molar-refractivity contribution >= 4 is 11.8 Å². The summed E-state index contributed by atoms with van der Waals surface area (Å²) in [6.45, 7) is 2.47. The largest absolute Gasteiger partial charge is 0.465 e. The van der Waals surface area contributed by atoms with Crippen molar-refractivity contribution in [2.45, 2.75) is 19.8 Å². The molecule has 0 bridgehead atoms. The number of Topliss-reactive ketones (excluding diaryl/α,β-unsaturated/α-hetero) is 1. The summed E-state index contributed by atoms with van der Waals surface area (Å²) in [5.74, 6) is -0.691. The van der Waals surface area contributed by atoms with Crippen LogP contribution in [0.3, 0.4) is 0 Å². The van der Waals surface area contributed by atoms with Crippen molar-refractivity contribution < 1.29 is 14.3 Å². The summed E-state index contributed by atoms with van der Waals surface area (Å²) in [6, 6.07) is 0. The standard InChI is InChI=1S/C8H10O3/c1-8-2-3-11-7(10)6(8)5(9)4-8/h6H,2-4H2,1H3. The van der Waals surface area contributed by atoms with Gasteiger partial charge < -0.3 is 4.74 Å². The number of hydrogen-bond acceptors (Lipinski definition) is 3. The summed E-state index contributed by atoms with van der Waals surface area (Å²) in [5, 5.41) is 0. The molecule has 1 aliphatic carbocycles. The lowest BCUT2D eigenvalue weighted by atomic mass is 9.58. The third-order valence-electron chi connectivity index (χ3n) is 2.75. The first-order valence-electron chi connectivity index (χ1n) is 3.83. The normalized spacial score (nSPS) is 42.5. The van der Waals surface area contributed by atoms with E-state index in [2.05, 4.69) is 0 Å². The second-order valence-corrected chi connectivity index (χ2v) is 3.65. The second-order valence-electron chi connectivity index (χ2n) is 3.65. The average molecular weight is 154 g/mol. The number of fused-ring (bicyclic) bond motifs is 1. The minimum Gasteiger partial charge on any atom is -0.465 e. The molecule has 11 heavy (non-hydrogen) atoms. The van der Waals surface area contributed by atoms with Gasteiger partial charge in [0.25, 0.3) is 0 Å². The second kappa shape index (κ2) is 1.84. The Morgan fingerprint density at radius 3 is 2.73 bits per heavy atom. The highest BCUT2D eigenvalue weighted by molar-refractivity contribution is 6.05. The quantitative estimate of drug-likeness (QED) is 0.377. The van der Waals surface area contributed by atoms with Gasteiger partial charge in [-0.25, -0.2) is 0 Å². The number of cyclic esters (lactones) is 1. The van der Waals surface area contributed by atoms with E-state index in [1.807, 2.05) is 6.92 Å². The predicted molar refractivity (Wildman–Crippen MR) is 36.8 cm³/mol. The summed E-state index contributed by atoms with van der Waals surface area (Å²) >= 11 is 0. The molecule has 1 saturated carbocycles. The molecular formula is C8H10O3. The van der Waals surface area contributed by atoms with E-state index >= 15 is 0 Å². The molecule has 1 aliphatic heterocycles. The van der Waals surface area contributed by atoms with Gasteiger partial charge in [0.15, 0.2) is 0 Å². The smallest absolute Gasteiger partial charge is 0.317 e. The molecule has 2 unspecified atom stereocenters. The van der Waals surface area contributed by atoms with Crippen molar-refractivity contribution in [3.05, 3.63) is 0 Å². The maximum Gasteiger partial charge on any atom is 0.317 e. The maximum absolute atomic E-state index is 11.0. The molecule has 0 amide bonds. The molecule has 2 rings (SSSR count). The molecule has 60 valence electrons. The van der Waals surface area contributed by atoms with Gasteiger partial charge in [-0.2, -0.15) is 0 Å². The van der Waals surface area contributed by atoms with E-state index in [-0.39, 0.29) is 17.2 Å². The van der Waals surface area contributed by atoms with Gasteiger partial charge in [-0.05, 0) is 11.8 Å². The van der Waals surface area contributed by atoms with E-state index in [9.17, 15) is 9.59 Å². The van der Waals surface area contributed by atoms with Gasteiger partial charge in [-0.1, -0.05) is 6.92 Å². The summed E-state index contributed by atoms with van der Waals surface area (Å²) in [6.07, 6.45) is 1.40. The topological polar surface area (TPSA) is 43.4 Å². The van der Waals surface area contributed by atoms with Crippen LogP contribution in [-0.4, -0.2) is 18.4 Å². The summed E-state index contributed by atoms with van der Waals surface area (Å²) in [5.41, 5.74) is -0.0631. The molecule has 0 N–H and O–H groups in total. The summed E-state index contributed by atoms with van der Waals surface area (Å²) in [4.78, 5) is 22.0. The first-order chi connectivity index (χ1) is 5.13. The molecule has 0 aromatic rings. The molecule has 0 aromatic carbocycles. The highest BCUT2D eigenvalue weighted by Gasteiger charge is 2.56. The molecule has 0 radical (unpaired) electrons. The Labute approximate surface area is 64.7 Å². The van der Waals surface area contributed by atoms with Crippen LogP contribution in [0.2, 0.25) is 0 Å². The van der Waals surface area contributed by atoms with Crippen LogP contribution in [0.5, 0.6) is 0 Å². The number of carbonyl (C=O) groups excluding carboxylic acids is 2. The van der Waals surface area contributed by atoms with Crippen LogP contribution in [-0.2, 0) is 14.3 Å². The molecule has 2 aliphatic rings. The zero-order valence-corrected chi connectivity index (χ0v) is 6.42. The summed E-state index contributed by atoms with van der Waals surface area (Å²) in [7, 11) is 0. The molecule has 2 atom stereocenters. The van der Waals surface area contributed by atoms with Crippen molar-refractivity contribution in [2.24, 2.45) is 11.3 Å². The predicted octanol–water partition coefficient (Wildman–Crippen LogP) is 0.529. The highest BCUT2D eigenvalue weighted by atomic mass is 16.5. The molecule has 1 saturated heterocycles. The average Bonchev–Trinajstić information content (AvgIpc) is 1.84. The lowest BCUT2D eigenvalue weighted by Crippen LogP contribution is -2.54. The van der Waals surface area contributed by atoms with Crippen molar-refractivity contribution in [1.29, 1.82) is 0 Å². The van der Waals surface area contributed by atoms with Crippen LogP contribution in [0.15, 0.2) is 0 Å². The third kappa shape index (κ3) is 0.737. The molecular weight excluding hydrogens is 144 g/mol. The van der Waals surface area contributed by atoms with Crippen molar-refractivity contribution in [3.8, 4) is 0 Å². The molecule has 0 spiro atoms. The Hall–Kier alpha value is -0.860. The lowest BCUT2D eigenvalue weighted by molar-refractivity contribution is -0.177. The van der Waals surface area contributed by atoms with Gasteiger partial charge in [-0.3, -0.25) is 9.59 Å². The third-order valence-corrected chi connectivity index (χ3v) is 2.75. The Morgan fingerprint density at radius 1 is 1.55 bits per heavy atom. The zero-order valence-electron chi connectivity index (χ0n) is 6.42.